The van der Waals surface area contributed by atoms with Gasteiger partial charge >= 0.3 is 0 Å². The van der Waals surface area contributed by atoms with Gasteiger partial charge in [0.25, 0.3) is 5.91 Å². The third-order valence-corrected chi connectivity index (χ3v) is 3.49. The van der Waals surface area contributed by atoms with Crippen molar-refractivity contribution in [2.45, 2.75) is 13.5 Å². The number of amides is 1. The molecular weight excluding hydrogens is 292 g/mol. The molecule has 1 aromatic carbocycles. The number of nitrogens with zero attached hydrogens (tertiary/aromatic N) is 1. The van der Waals surface area contributed by atoms with Crippen LogP contribution in [0.15, 0.2) is 48.2 Å². The van der Waals surface area contributed by atoms with Crippen LogP contribution in [0.3, 0.4) is 0 Å². The number of carbonyl (C=O) groups is 1. The number of carbonyl (C=O) groups excluding carboxylic acids is 1. The number of pyridine rings is 1. The lowest BCUT2D eigenvalue weighted by atomic mass is 10.1. The zero-order chi connectivity index (χ0) is 16.1. The van der Waals surface area contributed by atoms with Crippen molar-refractivity contribution in [3.63, 3.8) is 0 Å². The minimum absolute atomic E-state index is 0.147. The summed E-state index contributed by atoms with van der Waals surface area (Å²) < 4.78 is 11.1. The average Bonchev–Trinajstić information content (AvgIpc) is 2.60. The SMILES string of the molecule is CCOc1ncccc1CNC(=O)C1=Cc2ccccc2OC1. The standard InChI is InChI=1S/C18H18N2O3/c1-2-22-18-14(7-5-9-19-18)11-20-17(21)15-10-13-6-3-4-8-16(13)23-12-15/h3-10H,2,11-12H2,1H3,(H,20,21). The molecule has 2 aromatic rings. The van der Waals surface area contributed by atoms with E-state index < -0.39 is 0 Å². The Morgan fingerprint density at radius 3 is 3.04 bits per heavy atom. The molecule has 118 valence electrons. The van der Waals surface area contributed by atoms with E-state index in [-0.39, 0.29) is 12.5 Å². The second-order valence-corrected chi connectivity index (χ2v) is 5.08. The maximum Gasteiger partial charge on any atom is 0.250 e. The number of para-hydroxylation sites is 1. The van der Waals surface area contributed by atoms with E-state index in [9.17, 15) is 4.79 Å². The van der Waals surface area contributed by atoms with Crippen LogP contribution in [0.5, 0.6) is 11.6 Å². The molecule has 1 amide bonds. The van der Waals surface area contributed by atoms with Crippen molar-refractivity contribution in [3.05, 3.63) is 59.3 Å². The molecular formula is C18H18N2O3. The van der Waals surface area contributed by atoms with Crippen LogP contribution >= 0.6 is 0 Å². The first-order valence-corrected chi connectivity index (χ1v) is 7.55. The van der Waals surface area contributed by atoms with Gasteiger partial charge in [-0.3, -0.25) is 4.79 Å². The summed E-state index contributed by atoms with van der Waals surface area (Å²) in [6, 6.07) is 11.4. The number of aromatic nitrogens is 1. The van der Waals surface area contributed by atoms with E-state index in [4.69, 9.17) is 9.47 Å². The van der Waals surface area contributed by atoms with Crippen molar-refractivity contribution in [3.8, 4) is 11.6 Å². The summed E-state index contributed by atoms with van der Waals surface area (Å²) in [4.78, 5) is 16.5. The quantitative estimate of drug-likeness (QED) is 0.922. The van der Waals surface area contributed by atoms with Crippen LogP contribution in [0.4, 0.5) is 0 Å². The van der Waals surface area contributed by atoms with Crippen molar-refractivity contribution in [1.29, 1.82) is 0 Å². The summed E-state index contributed by atoms with van der Waals surface area (Å²) in [5.41, 5.74) is 2.37. The van der Waals surface area contributed by atoms with E-state index in [1.807, 2.05) is 49.4 Å². The first kappa shape index (κ1) is 15.1. The van der Waals surface area contributed by atoms with Crippen molar-refractivity contribution in [1.82, 2.24) is 10.3 Å². The summed E-state index contributed by atoms with van der Waals surface area (Å²) in [5, 5.41) is 2.89. The molecule has 1 aliphatic rings. The highest BCUT2D eigenvalue weighted by molar-refractivity contribution is 5.99. The predicted octanol–water partition coefficient (Wildman–Crippen LogP) is 2.57. The lowest BCUT2D eigenvalue weighted by Crippen LogP contribution is -2.28. The van der Waals surface area contributed by atoms with Crippen molar-refractivity contribution in [2.24, 2.45) is 0 Å². The first-order chi connectivity index (χ1) is 11.3. The number of hydrogen-bond donors (Lipinski definition) is 1. The molecule has 5 heteroatoms. The maximum absolute atomic E-state index is 12.3. The molecule has 0 bridgehead atoms. The van der Waals surface area contributed by atoms with Gasteiger partial charge in [0, 0.05) is 23.9 Å². The Kier molecular flexibility index (Phi) is 4.57. The van der Waals surface area contributed by atoms with Gasteiger partial charge in [-0.15, -0.1) is 0 Å². The number of nitrogens with one attached hydrogen (secondary N) is 1. The van der Waals surface area contributed by atoms with E-state index in [0.29, 0.717) is 24.6 Å². The Morgan fingerprint density at radius 2 is 2.17 bits per heavy atom. The monoisotopic (exact) mass is 310 g/mol. The number of hydrogen-bond acceptors (Lipinski definition) is 4. The van der Waals surface area contributed by atoms with Gasteiger partial charge in [0.15, 0.2) is 0 Å². The van der Waals surface area contributed by atoms with Crippen LogP contribution in [0.1, 0.15) is 18.1 Å². The van der Waals surface area contributed by atoms with Crippen LogP contribution < -0.4 is 14.8 Å². The third-order valence-electron chi connectivity index (χ3n) is 3.49. The fourth-order valence-electron chi connectivity index (χ4n) is 2.36. The summed E-state index contributed by atoms with van der Waals surface area (Å²) >= 11 is 0. The molecule has 5 nitrogen and oxygen atoms in total. The molecule has 0 radical (unpaired) electrons. The first-order valence-electron chi connectivity index (χ1n) is 7.55. The van der Waals surface area contributed by atoms with Gasteiger partial charge in [0.2, 0.25) is 5.88 Å². The van der Waals surface area contributed by atoms with E-state index in [2.05, 4.69) is 10.3 Å². The highest BCUT2D eigenvalue weighted by atomic mass is 16.5. The zero-order valence-electron chi connectivity index (χ0n) is 12.9. The molecule has 2 heterocycles. The van der Waals surface area contributed by atoms with Crippen LogP contribution in [0.2, 0.25) is 0 Å². The largest absolute Gasteiger partial charge is 0.488 e. The predicted molar refractivity (Wildman–Crippen MR) is 87.2 cm³/mol. The second-order valence-electron chi connectivity index (χ2n) is 5.08. The van der Waals surface area contributed by atoms with E-state index in [1.165, 1.54) is 0 Å². The maximum atomic E-state index is 12.3. The normalized spacial score (nSPS) is 12.7. The second kappa shape index (κ2) is 6.96. The van der Waals surface area contributed by atoms with Gasteiger partial charge in [0.05, 0.1) is 12.2 Å². The van der Waals surface area contributed by atoms with Crippen molar-refractivity contribution in [2.75, 3.05) is 13.2 Å². The number of rotatable bonds is 5. The van der Waals surface area contributed by atoms with E-state index >= 15 is 0 Å². The summed E-state index contributed by atoms with van der Waals surface area (Å²) in [5.74, 6) is 1.20. The Bertz CT molecular complexity index is 741. The molecule has 3 rings (SSSR count). The van der Waals surface area contributed by atoms with Gasteiger partial charge < -0.3 is 14.8 Å². The number of ether oxygens (including phenoxy) is 2. The molecule has 1 N–H and O–H groups in total. The minimum atomic E-state index is -0.147. The average molecular weight is 310 g/mol. The molecule has 0 saturated carbocycles. The van der Waals surface area contributed by atoms with Gasteiger partial charge in [-0.05, 0) is 25.1 Å². The Balaban J connectivity index is 1.68. The van der Waals surface area contributed by atoms with Crippen LogP contribution in [0.25, 0.3) is 6.08 Å². The molecule has 0 spiro atoms. The molecule has 0 unspecified atom stereocenters. The van der Waals surface area contributed by atoms with E-state index in [1.54, 1.807) is 6.20 Å². The molecule has 0 saturated heterocycles. The highest BCUT2D eigenvalue weighted by Crippen LogP contribution is 2.25. The molecule has 1 aliphatic heterocycles. The lowest BCUT2D eigenvalue weighted by molar-refractivity contribution is -0.117. The van der Waals surface area contributed by atoms with Crippen molar-refractivity contribution >= 4 is 12.0 Å². The fraction of sp³-hybridized carbons (Fsp3) is 0.222. The molecule has 23 heavy (non-hydrogen) atoms. The van der Waals surface area contributed by atoms with Crippen LogP contribution in [0, 0.1) is 0 Å². The zero-order valence-corrected chi connectivity index (χ0v) is 12.9. The van der Waals surface area contributed by atoms with Crippen LogP contribution in [-0.2, 0) is 11.3 Å². The number of benzene rings is 1. The lowest BCUT2D eigenvalue weighted by Gasteiger charge is -2.17. The third kappa shape index (κ3) is 3.51. The molecule has 0 atom stereocenters. The van der Waals surface area contributed by atoms with Gasteiger partial charge in [-0.1, -0.05) is 24.3 Å². The summed E-state index contributed by atoms with van der Waals surface area (Å²) in [6.07, 6.45) is 3.53. The Morgan fingerprint density at radius 1 is 1.30 bits per heavy atom. The molecule has 0 fully saturated rings. The molecule has 1 aromatic heterocycles. The van der Waals surface area contributed by atoms with Gasteiger partial charge in [-0.25, -0.2) is 4.98 Å². The van der Waals surface area contributed by atoms with Crippen LogP contribution in [-0.4, -0.2) is 24.1 Å². The summed E-state index contributed by atoms with van der Waals surface area (Å²) in [7, 11) is 0. The summed E-state index contributed by atoms with van der Waals surface area (Å²) in [6.45, 7) is 3.07. The van der Waals surface area contributed by atoms with Crippen molar-refractivity contribution < 1.29 is 14.3 Å². The number of fused-ring (bicyclic) bond motifs is 1. The van der Waals surface area contributed by atoms with Gasteiger partial charge in [-0.2, -0.15) is 0 Å². The minimum Gasteiger partial charge on any atom is -0.488 e. The highest BCUT2D eigenvalue weighted by Gasteiger charge is 2.17. The van der Waals surface area contributed by atoms with Gasteiger partial charge in [0.1, 0.15) is 12.4 Å². The molecule has 0 aliphatic carbocycles. The smallest absolute Gasteiger partial charge is 0.250 e. The topological polar surface area (TPSA) is 60.5 Å². The Hall–Kier alpha value is -2.82. The fourth-order valence-corrected chi connectivity index (χ4v) is 2.36. The Labute approximate surface area is 135 Å². The van der Waals surface area contributed by atoms with E-state index in [0.717, 1.165) is 16.9 Å².